The van der Waals surface area contributed by atoms with Crippen molar-refractivity contribution in [2.45, 2.75) is 17.9 Å². The Labute approximate surface area is 155 Å². The standard InChI is InChI=1S/C17H17FN2O6S/c1-10(16(21)20-13-6-4-12(18)5-7-13)26-17(22)11-3-8-14(25-2)15(9-11)27(19,23)24/h3-10H,1-2H3,(H,20,21)(H2,19,23,24). The van der Waals surface area contributed by atoms with E-state index in [9.17, 15) is 22.4 Å². The minimum atomic E-state index is -4.13. The van der Waals surface area contributed by atoms with Gasteiger partial charge in [-0.05, 0) is 49.4 Å². The van der Waals surface area contributed by atoms with Gasteiger partial charge in [0.2, 0.25) is 10.0 Å². The molecule has 0 radical (unpaired) electrons. The first-order chi connectivity index (χ1) is 12.6. The number of halogens is 1. The smallest absolute Gasteiger partial charge is 0.338 e. The molecule has 0 heterocycles. The van der Waals surface area contributed by atoms with Crippen molar-refractivity contribution in [3.63, 3.8) is 0 Å². The first-order valence-corrected chi connectivity index (χ1v) is 9.14. The van der Waals surface area contributed by atoms with E-state index >= 15 is 0 Å². The van der Waals surface area contributed by atoms with Crippen LogP contribution in [0.4, 0.5) is 10.1 Å². The van der Waals surface area contributed by atoms with Crippen LogP contribution < -0.4 is 15.2 Å². The van der Waals surface area contributed by atoms with Crippen molar-refractivity contribution in [3.05, 3.63) is 53.8 Å². The highest BCUT2D eigenvalue weighted by Gasteiger charge is 2.22. The van der Waals surface area contributed by atoms with E-state index in [-0.39, 0.29) is 16.2 Å². The second kappa shape index (κ2) is 8.14. The first-order valence-electron chi connectivity index (χ1n) is 7.60. The molecule has 0 saturated carbocycles. The van der Waals surface area contributed by atoms with Crippen LogP contribution >= 0.6 is 0 Å². The highest BCUT2D eigenvalue weighted by molar-refractivity contribution is 7.89. The van der Waals surface area contributed by atoms with Gasteiger partial charge >= 0.3 is 5.97 Å². The first kappa shape index (κ1) is 20.3. The van der Waals surface area contributed by atoms with Crippen LogP contribution in [0.1, 0.15) is 17.3 Å². The minimum absolute atomic E-state index is 0.0313. The Morgan fingerprint density at radius 1 is 1.15 bits per heavy atom. The fraction of sp³-hybridized carbons (Fsp3) is 0.176. The molecule has 1 atom stereocenters. The summed E-state index contributed by atoms with van der Waals surface area (Å²) in [4.78, 5) is 23.9. The topological polar surface area (TPSA) is 125 Å². The van der Waals surface area contributed by atoms with Gasteiger partial charge < -0.3 is 14.8 Å². The predicted molar refractivity (Wildman–Crippen MR) is 94.3 cm³/mol. The molecule has 8 nitrogen and oxygen atoms in total. The van der Waals surface area contributed by atoms with E-state index in [1.165, 1.54) is 50.4 Å². The monoisotopic (exact) mass is 396 g/mol. The van der Waals surface area contributed by atoms with Crippen LogP contribution in [0.2, 0.25) is 0 Å². The number of sulfonamides is 1. The average molecular weight is 396 g/mol. The van der Waals surface area contributed by atoms with Gasteiger partial charge in [-0.3, -0.25) is 4.79 Å². The van der Waals surface area contributed by atoms with Crippen LogP contribution in [0, 0.1) is 5.82 Å². The van der Waals surface area contributed by atoms with Gasteiger partial charge in [0.15, 0.2) is 6.10 Å². The maximum Gasteiger partial charge on any atom is 0.338 e. The molecular weight excluding hydrogens is 379 g/mol. The van der Waals surface area contributed by atoms with E-state index in [2.05, 4.69) is 5.32 Å². The second-order valence-corrected chi connectivity index (χ2v) is 6.98. The lowest BCUT2D eigenvalue weighted by Gasteiger charge is -2.14. The van der Waals surface area contributed by atoms with Gasteiger partial charge in [0.1, 0.15) is 16.5 Å². The van der Waals surface area contributed by atoms with Gasteiger partial charge in [-0.2, -0.15) is 0 Å². The average Bonchev–Trinajstić information content (AvgIpc) is 2.62. The number of hydrogen-bond acceptors (Lipinski definition) is 6. The number of methoxy groups -OCH3 is 1. The van der Waals surface area contributed by atoms with Crippen molar-refractivity contribution in [2.24, 2.45) is 5.14 Å². The van der Waals surface area contributed by atoms with Gasteiger partial charge in [-0.25, -0.2) is 22.7 Å². The SMILES string of the molecule is COc1ccc(C(=O)OC(C)C(=O)Nc2ccc(F)cc2)cc1S(N)(=O)=O. The van der Waals surface area contributed by atoms with E-state index < -0.39 is 33.8 Å². The van der Waals surface area contributed by atoms with Crippen molar-refractivity contribution < 1.29 is 31.9 Å². The summed E-state index contributed by atoms with van der Waals surface area (Å²) in [5, 5.41) is 7.56. The lowest BCUT2D eigenvalue weighted by molar-refractivity contribution is -0.123. The summed E-state index contributed by atoms with van der Waals surface area (Å²) in [5.41, 5.74) is 0.200. The Morgan fingerprint density at radius 3 is 2.33 bits per heavy atom. The summed E-state index contributed by atoms with van der Waals surface area (Å²) < 4.78 is 46.0. The van der Waals surface area contributed by atoms with Crippen molar-refractivity contribution in [1.29, 1.82) is 0 Å². The molecule has 0 bridgehead atoms. The van der Waals surface area contributed by atoms with E-state index in [1.807, 2.05) is 0 Å². The number of esters is 1. The molecule has 2 aromatic carbocycles. The molecule has 10 heteroatoms. The Morgan fingerprint density at radius 2 is 1.78 bits per heavy atom. The lowest BCUT2D eigenvalue weighted by Crippen LogP contribution is -2.30. The maximum absolute atomic E-state index is 12.9. The van der Waals surface area contributed by atoms with E-state index in [1.54, 1.807) is 0 Å². The van der Waals surface area contributed by atoms with Gasteiger partial charge in [-0.15, -0.1) is 0 Å². The number of nitrogens with one attached hydrogen (secondary N) is 1. The van der Waals surface area contributed by atoms with Gasteiger partial charge in [0.25, 0.3) is 5.91 Å². The molecule has 0 aliphatic rings. The highest BCUT2D eigenvalue weighted by atomic mass is 32.2. The van der Waals surface area contributed by atoms with E-state index in [0.29, 0.717) is 5.69 Å². The summed E-state index contributed by atoms with van der Waals surface area (Å²) in [7, 11) is -2.88. The molecule has 0 aliphatic heterocycles. The summed E-state index contributed by atoms with van der Waals surface area (Å²) in [6.45, 7) is 1.33. The van der Waals surface area contributed by atoms with Crippen molar-refractivity contribution in [1.82, 2.24) is 0 Å². The predicted octanol–water partition coefficient (Wildman–Crippen LogP) is 1.67. The molecule has 2 rings (SSSR count). The molecule has 1 amide bonds. The number of carbonyl (C=O) groups is 2. The third kappa shape index (κ3) is 5.25. The van der Waals surface area contributed by atoms with Crippen LogP contribution in [-0.2, 0) is 19.6 Å². The Bertz CT molecular complexity index is 960. The third-order valence-corrected chi connectivity index (χ3v) is 4.40. The number of rotatable bonds is 6. The molecule has 1 unspecified atom stereocenters. The van der Waals surface area contributed by atoms with Crippen LogP contribution in [-0.4, -0.2) is 33.5 Å². The summed E-state index contributed by atoms with van der Waals surface area (Å²) in [6.07, 6.45) is -1.19. The largest absolute Gasteiger partial charge is 0.495 e. The number of hydrogen-bond donors (Lipinski definition) is 2. The summed E-state index contributed by atoms with van der Waals surface area (Å²) in [5.74, 6) is -2.06. The van der Waals surface area contributed by atoms with E-state index in [4.69, 9.17) is 14.6 Å². The normalized spacial score (nSPS) is 12.1. The van der Waals surface area contributed by atoms with Gasteiger partial charge in [-0.1, -0.05) is 0 Å². The summed E-state index contributed by atoms with van der Waals surface area (Å²) in [6, 6.07) is 8.56. The number of ether oxygens (including phenoxy) is 2. The Hall–Kier alpha value is -2.98. The molecule has 27 heavy (non-hydrogen) atoms. The zero-order chi connectivity index (χ0) is 20.2. The zero-order valence-electron chi connectivity index (χ0n) is 14.4. The van der Waals surface area contributed by atoms with Crippen LogP contribution in [0.5, 0.6) is 5.75 Å². The Balaban J connectivity index is 2.11. The molecule has 0 aliphatic carbocycles. The lowest BCUT2D eigenvalue weighted by atomic mass is 10.2. The number of benzene rings is 2. The third-order valence-electron chi connectivity index (χ3n) is 3.47. The molecule has 0 fully saturated rings. The van der Waals surface area contributed by atoms with Crippen molar-refractivity contribution in [3.8, 4) is 5.75 Å². The fourth-order valence-electron chi connectivity index (χ4n) is 2.09. The van der Waals surface area contributed by atoms with E-state index in [0.717, 1.165) is 6.07 Å². The van der Waals surface area contributed by atoms with Crippen LogP contribution in [0.3, 0.4) is 0 Å². The highest BCUT2D eigenvalue weighted by Crippen LogP contribution is 2.24. The molecule has 144 valence electrons. The maximum atomic E-state index is 12.9. The number of carbonyl (C=O) groups excluding carboxylic acids is 2. The molecule has 0 aromatic heterocycles. The molecule has 0 spiro atoms. The van der Waals surface area contributed by atoms with Gasteiger partial charge in [0.05, 0.1) is 12.7 Å². The minimum Gasteiger partial charge on any atom is -0.495 e. The number of amides is 1. The quantitative estimate of drug-likeness (QED) is 0.716. The number of nitrogens with two attached hydrogens (primary N) is 1. The van der Waals surface area contributed by atoms with Crippen LogP contribution in [0.15, 0.2) is 47.4 Å². The number of primary sulfonamides is 1. The Kier molecular flexibility index (Phi) is 6.13. The second-order valence-electron chi connectivity index (χ2n) is 5.45. The summed E-state index contributed by atoms with van der Waals surface area (Å²) >= 11 is 0. The van der Waals surface area contributed by atoms with Gasteiger partial charge in [0, 0.05) is 5.69 Å². The molecular formula is C17H17FN2O6S. The van der Waals surface area contributed by atoms with Crippen molar-refractivity contribution >= 4 is 27.6 Å². The molecule has 0 saturated heterocycles. The van der Waals surface area contributed by atoms with Crippen LogP contribution in [0.25, 0.3) is 0 Å². The fourth-order valence-corrected chi connectivity index (χ4v) is 2.81. The van der Waals surface area contributed by atoms with Crippen molar-refractivity contribution in [2.75, 3.05) is 12.4 Å². The number of anilines is 1. The molecule has 2 aromatic rings. The zero-order valence-corrected chi connectivity index (χ0v) is 15.2. The molecule has 3 N–H and O–H groups in total.